The van der Waals surface area contributed by atoms with Crippen LogP contribution in [-0.4, -0.2) is 32.5 Å². The smallest absolute Gasteiger partial charge is 0.308 e. The van der Waals surface area contributed by atoms with E-state index in [1.165, 1.54) is 28.8 Å². The maximum absolute atomic E-state index is 14.1. The number of benzene rings is 3. The molecule has 3 heterocycles. The van der Waals surface area contributed by atoms with Crippen LogP contribution in [0.3, 0.4) is 0 Å². The molecular weight excluding hydrogens is 601 g/mol. The summed E-state index contributed by atoms with van der Waals surface area (Å²) in [5.74, 6) is -2.74. The fourth-order valence-corrected chi connectivity index (χ4v) is 8.42. The lowest BCUT2D eigenvalue weighted by molar-refractivity contribution is -0.384. The Morgan fingerprint density at radius 2 is 1.59 bits per heavy atom. The molecule has 3 aromatic carbocycles. The van der Waals surface area contributed by atoms with Gasteiger partial charge in [0.2, 0.25) is 17.7 Å². The van der Waals surface area contributed by atoms with Crippen molar-refractivity contribution < 1.29 is 19.3 Å². The molecule has 0 radical (unpaired) electrons. The second-order valence-corrected chi connectivity index (χ2v) is 13.9. The molecule has 12 heteroatoms. The summed E-state index contributed by atoms with van der Waals surface area (Å²) in [6.07, 6.45) is 0. The molecule has 1 saturated heterocycles. The number of anilines is 2. The van der Waals surface area contributed by atoms with Crippen molar-refractivity contribution in [3.05, 3.63) is 115 Å². The maximum Gasteiger partial charge on any atom is 0.308 e. The van der Waals surface area contributed by atoms with Crippen LogP contribution in [0.15, 0.2) is 88.7 Å². The van der Waals surface area contributed by atoms with Crippen LogP contribution in [0.1, 0.15) is 42.7 Å². The number of amides is 3. The van der Waals surface area contributed by atoms with Crippen molar-refractivity contribution in [3.63, 3.8) is 0 Å². The Labute approximate surface area is 260 Å². The van der Waals surface area contributed by atoms with E-state index in [9.17, 15) is 29.3 Å². The Bertz CT molecular complexity index is 1840. The van der Waals surface area contributed by atoms with Gasteiger partial charge in [-0.15, -0.1) is 0 Å². The van der Waals surface area contributed by atoms with Crippen molar-refractivity contribution in [1.29, 1.82) is 0 Å². The third-order valence-electron chi connectivity index (χ3n) is 7.86. The lowest BCUT2D eigenvalue weighted by Gasteiger charge is -2.31. The summed E-state index contributed by atoms with van der Waals surface area (Å²) in [6, 6.07) is 22.1. The molecule has 10 nitrogen and oxygen atoms in total. The molecule has 3 amide bonds. The monoisotopic (exact) mass is 628 g/mol. The van der Waals surface area contributed by atoms with Gasteiger partial charge in [0.1, 0.15) is 11.8 Å². The number of hydrogen-bond acceptors (Lipinski definition) is 8. The first-order chi connectivity index (χ1) is 20.9. The van der Waals surface area contributed by atoms with Crippen LogP contribution in [0.4, 0.5) is 17.1 Å². The molecule has 44 heavy (non-hydrogen) atoms. The van der Waals surface area contributed by atoms with Crippen molar-refractivity contribution in [1.82, 2.24) is 4.57 Å². The molecule has 0 spiro atoms. The van der Waals surface area contributed by atoms with E-state index < -0.39 is 39.7 Å². The molecule has 0 bridgehead atoms. The highest BCUT2D eigenvalue weighted by atomic mass is 32.2. The molecule has 0 unspecified atom stereocenters. The fraction of sp³-hybridized carbons (Fsp3) is 0.250. The first-order valence-electron chi connectivity index (χ1n) is 13.9. The average molecular weight is 629 g/mol. The Morgan fingerprint density at radius 1 is 0.932 bits per heavy atom. The third-order valence-corrected chi connectivity index (χ3v) is 10.5. The average Bonchev–Trinajstić information content (AvgIpc) is 3.43. The summed E-state index contributed by atoms with van der Waals surface area (Å²) in [5.41, 5.74) is 2.44. The van der Waals surface area contributed by atoms with Gasteiger partial charge in [0.25, 0.3) is 5.69 Å². The highest BCUT2D eigenvalue weighted by molar-refractivity contribution is 8.00. The number of imide groups is 1. The van der Waals surface area contributed by atoms with Crippen molar-refractivity contribution in [3.8, 4) is 0 Å². The summed E-state index contributed by atoms with van der Waals surface area (Å²) in [6.45, 7) is 6.04. The van der Waals surface area contributed by atoms with Crippen LogP contribution in [0.2, 0.25) is 0 Å². The molecular formula is C32H28N4O6S2. The minimum Gasteiger partial charge on any atom is -0.325 e. The zero-order chi connectivity index (χ0) is 31.3. The van der Waals surface area contributed by atoms with Gasteiger partial charge in [-0.2, -0.15) is 0 Å². The molecule has 2 aliphatic rings. The van der Waals surface area contributed by atoms with Gasteiger partial charge in [-0.05, 0) is 40.8 Å². The highest BCUT2D eigenvalue weighted by Gasteiger charge is 2.56. The minimum atomic E-state index is -0.866. The second-order valence-electron chi connectivity index (χ2n) is 11.7. The second kappa shape index (κ2) is 11.2. The SMILES string of the molecule is CC(C)(C)c1ccc([C@@H]2c3sc(=O)n(CC(=O)Nc4ccccc4)c3S[C@@H]3C(=O)N(c4ccc([N+](=O)[O-])cc4)C(=O)[C@H]23)cc1. The lowest BCUT2D eigenvalue weighted by Crippen LogP contribution is -2.33. The quantitative estimate of drug-likeness (QED) is 0.168. The number of aromatic nitrogens is 1. The number of carbonyl (C=O) groups is 3. The van der Waals surface area contributed by atoms with Crippen LogP contribution >= 0.6 is 23.1 Å². The van der Waals surface area contributed by atoms with E-state index in [1.54, 1.807) is 24.3 Å². The number of nitrogens with one attached hydrogen (secondary N) is 1. The summed E-state index contributed by atoms with van der Waals surface area (Å²) in [5, 5.41) is 13.6. The van der Waals surface area contributed by atoms with Gasteiger partial charge in [-0.1, -0.05) is 86.3 Å². The number of nitro groups is 1. The number of carbonyl (C=O) groups excluding carboxylic acids is 3. The van der Waals surface area contributed by atoms with Gasteiger partial charge < -0.3 is 5.32 Å². The highest BCUT2D eigenvalue weighted by Crippen LogP contribution is 2.54. The molecule has 0 aliphatic carbocycles. The zero-order valence-electron chi connectivity index (χ0n) is 24.1. The standard InChI is InChI=1S/C32H28N4O6S2/c1-32(2,3)19-11-9-18(10-12-19)24-25-26(29(39)35(28(25)38)21-13-15-22(16-14-21)36(41)42)43-30-27(24)44-31(40)34(30)17-23(37)33-20-7-5-4-6-8-20/h4-16,24-26H,17H2,1-3H3,(H,33,37)/t24-,25+,26-/m0/s1. The van der Waals surface area contributed by atoms with E-state index in [2.05, 4.69) is 26.1 Å². The van der Waals surface area contributed by atoms with Gasteiger partial charge in [0, 0.05) is 28.6 Å². The number of hydrogen-bond donors (Lipinski definition) is 1. The summed E-state index contributed by atoms with van der Waals surface area (Å²) in [7, 11) is 0. The Balaban J connectivity index is 1.42. The van der Waals surface area contributed by atoms with Crippen molar-refractivity contribution in [2.75, 3.05) is 10.2 Å². The zero-order valence-corrected chi connectivity index (χ0v) is 25.7. The molecule has 1 fully saturated rings. The van der Waals surface area contributed by atoms with Gasteiger partial charge in [0.05, 0.1) is 21.6 Å². The molecule has 4 aromatic rings. The minimum absolute atomic E-state index is 0.110. The van der Waals surface area contributed by atoms with Crippen LogP contribution in [0.25, 0.3) is 0 Å². The largest absolute Gasteiger partial charge is 0.325 e. The molecule has 0 saturated carbocycles. The van der Waals surface area contributed by atoms with Gasteiger partial charge >= 0.3 is 4.87 Å². The van der Waals surface area contributed by atoms with Crippen molar-refractivity contribution in [2.45, 2.75) is 48.9 Å². The topological polar surface area (TPSA) is 132 Å². The van der Waals surface area contributed by atoms with Crippen molar-refractivity contribution >= 4 is 57.9 Å². The van der Waals surface area contributed by atoms with Gasteiger partial charge in [-0.25, -0.2) is 4.90 Å². The number of nitrogens with zero attached hydrogens (tertiary/aromatic N) is 3. The summed E-state index contributed by atoms with van der Waals surface area (Å²) >= 11 is 2.10. The molecule has 2 aliphatic heterocycles. The van der Waals surface area contributed by atoms with E-state index in [0.29, 0.717) is 15.6 Å². The molecule has 1 N–H and O–H groups in total. The summed E-state index contributed by atoms with van der Waals surface area (Å²) in [4.78, 5) is 66.4. The van der Waals surface area contributed by atoms with Crippen molar-refractivity contribution in [2.24, 2.45) is 5.92 Å². The van der Waals surface area contributed by atoms with E-state index in [0.717, 1.165) is 39.1 Å². The van der Waals surface area contributed by atoms with Crippen LogP contribution in [-0.2, 0) is 26.3 Å². The third kappa shape index (κ3) is 5.24. The molecule has 224 valence electrons. The van der Waals surface area contributed by atoms with E-state index in [1.807, 2.05) is 30.3 Å². The Morgan fingerprint density at radius 3 is 2.20 bits per heavy atom. The normalized spacial score (nSPS) is 19.4. The predicted molar refractivity (Wildman–Crippen MR) is 169 cm³/mol. The van der Waals surface area contributed by atoms with Crippen LogP contribution in [0.5, 0.6) is 0 Å². The number of thioether (sulfide) groups is 1. The Hall–Kier alpha value is -4.55. The van der Waals surface area contributed by atoms with E-state index >= 15 is 0 Å². The first-order valence-corrected chi connectivity index (χ1v) is 15.6. The Kier molecular flexibility index (Phi) is 7.50. The number of para-hydroxylation sites is 1. The molecule has 6 rings (SSSR count). The number of non-ortho nitro benzene ring substituents is 1. The van der Waals surface area contributed by atoms with Crippen LogP contribution in [0, 0.1) is 16.0 Å². The number of fused-ring (bicyclic) bond motifs is 2. The predicted octanol–water partition coefficient (Wildman–Crippen LogP) is 5.55. The van der Waals surface area contributed by atoms with Crippen LogP contribution < -0.4 is 15.1 Å². The number of rotatable bonds is 6. The number of thiazole rings is 1. The lowest BCUT2D eigenvalue weighted by atomic mass is 9.81. The number of nitro benzene ring substituents is 1. The molecule has 3 atom stereocenters. The first kappa shape index (κ1) is 29.5. The van der Waals surface area contributed by atoms with E-state index in [4.69, 9.17) is 0 Å². The van der Waals surface area contributed by atoms with Gasteiger partial charge in [0.15, 0.2) is 0 Å². The summed E-state index contributed by atoms with van der Waals surface area (Å²) < 4.78 is 1.38. The van der Waals surface area contributed by atoms with Gasteiger partial charge in [-0.3, -0.25) is 33.9 Å². The maximum atomic E-state index is 14.1. The van der Waals surface area contributed by atoms with E-state index in [-0.39, 0.29) is 28.2 Å². The molecule has 1 aromatic heterocycles. The fourth-order valence-electron chi connectivity index (χ4n) is 5.65.